The number of aryl methyl sites for hydroxylation is 1. The molecule has 2 aromatic rings. The molecule has 1 atom stereocenters. The van der Waals surface area contributed by atoms with Crippen LogP contribution in [0.15, 0.2) is 35.9 Å². The number of nitriles is 1. The Kier molecular flexibility index (Phi) is 6.85. The van der Waals surface area contributed by atoms with E-state index in [9.17, 15) is 10.1 Å². The van der Waals surface area contributed by atoms with Crippen molar-refractivity contribution in [2.45, 2.75) is 52.5 Å². The molecule has 0 fully saturated rings. The van der Waals surface area contributed by atoms with Crippen molar-refractivity contribution in [3.63, 3.8) is 0 Å². The number of hydrogen-bond donors (Lipinski definition) is 1. The lowest BCUT2D eigenvalue weighted by atomic mass is 9.79. The molecule has 0 saturated carbocycles. The predicted octanol–water partition coefficient (Wildman–Crippen LogP) is 6.31. The van der Waals surface area contributed by atoms with Gasteiger partial charge in [0, 0.05) is 40.1 Å². The lowest BCUT2D eigenvalue weighted by Crippen LogP contribution is -2.48. The van der Waals surface area contributed by atoms with E-state index in [-0.39, 0.29) is 11.1 Å². The van der Waals surface area contributed by atoms with E-state index in [4.69, 9.17) is 16.3 Å². The number of hydrogen-bond acceptors (Lipinski definition) is 4. The van der Waals surface area contributed by atoms with Gasteiger partial charge >= 0.3 is 0 Å². The number of rotatable bonds is 5. The first-order chi connectivity index (χ1) is 15.1. The molecule has 6 heteroatoms. The first-order valence-electron chi connectivity index (χ1n) is 10.8. The topological polar surface area (TPSA) is 65.4 Å². The van der Waals surface area contributed by atoms with Crippen LogP contribution in [0, 0.1) is 18.3 Å². The fourth-order valence-corrected chi connectivity index (χ4v) is 4.81. The molecule has 32 heavy (non-hydrogen) atoms. The summed E-state index contributed by atoms with van der Waals surface area (Å²) in [5.41, 5.74) is 4.53. The lowest BCUT2D eigenvalue weighted by molar-refractivity contribution is -0.112. The molecular formula is C26H30ClN3O2. The van der Waals surface area contributed by atoms with Crippen molar-refractivity contribution in [1.29, 1.82) is 5.26 Å². The third-order valence-corrected chi connectivity index (χ3v) is 6.40. The number of nitrogens with one attached hydrogen (secondary N) is 1. The summed E-state index contributed by atoms with van der Waals surface area (Å²) in [6.45, 7) is 11.6. The molecule has 1 aliphatic rings. The number of carbonyl (C=O) groups excluding carboxylic acids is 1. The second kappa shape index (κ2) is 9.26. The second-order valence-corrected chi connectivity index (χ2v) is 9.33. The average Bonchev–Trinajstić information content (AvgIpc) is 2.73. The Bertz CT molecular complexity index is 1110. The molecular weight excluding hydrogens is 422 g/mol. The third-order valence-electron chi connectivity index (χ3n) is 6.17. The Morgan fingerprint density at radius 3 is 2.72 bits per heavy atom. The van der Waals surface area contributed by atoms with E-state index < -0.39 is 5.91 Å². The zero-order valence-corrected chi connectivity index (χ0v) is 20.3. The lowest BCUT2D eigenvalue weighted by Gasteiger charge is -2.47. The SMILES string of the molecule is CCN1c2cc(OC)c(/C=C(\C#N)C(=O)Nc3cc(Cl)ccc3C)cc2C(C)CC1(C)C. The van der Waals surface area contributed by atoms with Crippen LogP contribution >= 0.6 is 11.6 Å². The molecule has 2 aromatic carbocycles. The van der Waals surface area contributed by atoms with E-state index in [0.29, 0.717) is 27.9 Å². The largest absolute Gasteiger partial charge is 0.496 e. The van der Waals surface area contributed by atoms with Gasteiger partial charge in [0.25, 0.3) is 5.91 Å². The molecule has 0 radical (unpaired) electrons. The van der Waals surface area contributed by atoms with Gasteiger partial charge in [-0.2, -0.15) is 5.26 Å². The van der Waals surface area contributed by atoms with Gasteiger partial charge in [-0.15, -0.1) is 0 Å². The first kappa shape index (κ1) is 23.7. The smallest absolute Gasteiger partial charge is 0.266 e. The fraction of sp³-hybridized carbons (Fsp3) is 0.385. The Hall–Kier alpha value is -2.97. The van der Waals surface area contributed by atoms with Gasteiger partial charge in [-0.25, -0.2) is 0 Å². The highest BCUT2D eigenvalue weighted by Gasteiger charge is 2.36. The molecule has 5 nitrogen and oxygen atoms in total. The number of benzene rings is 2. The van der Waals surface area contributed by atoms with Gasteiger partial charge in [0.1, 0.15) is 17.4 Å². The van der Waals surface area contributed by atoms with Crippen LogP contribution in [0.4, 0.5) is 11.4 Å². The third kappa shape index (κ3) is 4.61. The highest BCUT2D eigenvalue weighted by Crippen LogP contribution is 2.46. The summed E-state index contributed by atoms with van der Waals surface area (Å²) >= 11 is 6.06. The maximum absolute atomic E-state index is 12.9. The highest BCUT2D eigenvalue weighted by molar-refractivity contribution is 6.31. The van der Waals surface area contributed by atoms with Crippen molar-refractivity contribution in [3.05, 3.63) is 57.6 Å². The van der Waals surface area contributed by atoms with E-state index >= 15 is 0 Å². The standard InChI is InChI=1S/C26H30ClN3O2/c1-7-30-23-13-24(32-6)18(11-21(23)17(3)14-26(30,4)5)10-19(15-28)25(31)29-22-12-20(27)9-8-16(22)2/h8-13,17H,7,14H2,1-6H3,(H,29,31)/b19-10+. The summed E-state index contributed by atoms with van der Waals surface area (Å²) in [6.07, 6.45) is 2.61. The Balaban J connectivity index is 2.03. The minimum absolute atomic E-state index is 0.00114. The number of amides is 1. The summed E-state index contributed by atoms with van der Waals surface area (Å²) < 4.78 is 5.66. The number of anilines is 2. The van der Waals surface area contributed by atoms with Gasteiger partial charge in [-0.3, -0.25) is 4.79 Å². The van der Waals surface area contributed by atoms with E-state index in [1.54, 1.807) is 25.3 Å². The van der Waals surface area contributed by atoms with Gasteiger partial charge < -0.3 is 15.0 Å². The minimum Gasteiger partial charge on any atom is -0.496 e. The summed E-state index contributed by atoms with van der Waals surface area (Å²) in [5, 5.41) is 13.0. The zero-order valence-electron chi connectivity index (χ0n) is 19.5. The van der Waals surface area contributed by atoms with E-state index in [0.717, 1.165) is 24.2 Å². The van der Waals surface area contributed by atoms with Crippen LogP contribution in [-0.2, 0) is 4.79 Å². The van der Waals surface area contributed by atoms with E-state index in [1.165, 1.54) is 5.56 Å². The minimum atomic E-state index is -0.484. The molecule has 0 aromatic heterocycles. The predicted molar refractivity (Wildman–Crippen MR) is 132 cm³/mol. The van der Waals surface area contributed by atoms with Crippen LogP contribution in [0.3, 0.4) is 0 Å². The van der Waals surface area contributed by atoms with Crippen LogP contribution in [0.5, 0.6) is 5.75 Å². The summed E-state index contributed by atoms with van der Waals surface area (Å²) in [4.78, 5) is 15.2. The molecule has 1 N–H and O–H groups in total. The van der Waals surface area contributed by atoms with Crippen molar-refractivity contribution in [1.82, 2.24) is 0 Å². The van der Waals surface area contributed by atoms with Crippen molar-refractivity contribution in [2.24, 2.45) is 0 Å². The van der Waals surface area contributed by atoms with E-state index in [2.05, 4.69) is 37.9 Å². The van der Waals surface area contributed by atoms with Crippen molar-refractivity contribution < 1.29 is 9.53 Å². The number of ether oxygens (including phenoxy) is 1. The molecule has 1 unspecified atom stereocenters. The monoisotopic (exact) mass is 451 g/mol. The molecule has 1 heterocycles. The number of methoxy groups -OCH3 is 1. The van der Waals surface area contributed by atoms with Crippen LogP contribution in [0.25, 0.3) is 6.08 Å². The average molecular weight is 452 g/mol. The maximum Gasteiger partial charge on any atom is 0.266 e. The Morgan fingerprint density at radius 1 is 1.38 bits per heavy atom. The van der Waals surface area contributed by atoms with Gasteiger partial charge in [-0.05, 0) is 75.4 Å². The van der Waals surface area contributed by atoms with Gasteiger partial charge in [0.05, 0.1) is 7.11 Å². The molecule has 168 valence electrons. The van der Waals surface area contributed by atoms with Gasteiger partial charge in [0.15, 0.2) is 0 Å². The van der Waals surface area contributed by atoms with E-state index in [1.807, 2.05) is 31.2 Å². The second-order valence-electron chi connectivity index (χ2n) is 8.90. The Labute approximate surface area is 195 Å². The molecule has 0 saturated heterocycles. The number of fused-ring (bicyclic) bond motifs is 1. The van der Waals surface area contributed by atoms with Crippen LogP contribution in [0.2, 0.25) is 5.02 Å². The maximum atomic E-state index is 12.9. The number of nitrogens with zero attached hydrogens (tertiary/aromatic N) is 2. The number of carbonyl (C=O) groups is 1. The Morgan fingerprint density at radius 2 is 2.09 bits per heavy atom. The fourth-order valence-electron chi connectivity index (χ4n) is 4.64. The molecule has 0 spiro atoms. The van der Waals surface area contributed by atoms with Crippen LogP contribution in [-0.4, -0.2) is 25.1 Å². The highest BCUT2D eigenvalue weighted by atomic mass is 35.5. The van der Waals surface area contributed by atoms with Crippen LogP contribution in [0.1, 0.15) is 56.7 Å². The van der Waals surface area contributed by atoms with Gasteiger partial charge in [-0.1, -0.05) is 24.6 Å². The molecule has 1 aliphatic heterocycles. The van der Waals surface area contributed by atoms with Gasteiger partial charge in [0.2, 0.25) is 0 Å². The molecule has 0 bridgehead atoms. The summed E-state index contributed by atoms with van der Waals surface area (Å²) in [7, 11) is 1.61. The molecule has 0 aliphatic carbocycles. The zero-order chi connectivity index (χ0) is 23.6. The van der Waals surface area contributed by atoms with Crippen molar-refractivity contribution >= 4 is 35.0 Å². The summed E-state index contributed by atoms with van der Waals surface area (Å²) in [5.74, 6) is 0.489. The summed E-state index contributed by atoms with van der Waals surface area (Å²) in [6, 6.07) is 11.4. The quantitative estimate of drug-likeness (QED) is 0.427. The normalized spacial score (nSPS) is 17.4. The molecule has 3 rings (SSSR count). The van der Waals surface area contributed by atoms with Crippen molar-refractivity contribution in [3.8, 4) is 11.8 Å². The van der Waals surface area contributed by atoms with Crippen LogP contribution < -0.4 is 15.0 Å². The first-order valence-corrected chi connectivity index (χ1v) is 11.2. The molecule has 1 amide bonds. The van der Waals surface area contributed by atoms with Crippen molar-refractivity contribution in [2.75, 3.05) is 23.9 Å². The number of halogens is 1.